The van der Waals surface area contributed by atoms with E-state index in [4.69, 9.17) is 0 Å². The molecule has 2 N–H and O–H groups in total. The van der Waals surface area contributed by atoms with Crippen LogP contribution in [0.15, 0.2) is 0 Å². The third-order valence-electron chi connectivity index (χ3n) is 4.32. The minimum Gasteiger partial charge on any atom is -0.333 e. The zero-order valence-corrected chi connectivity index (χ0v) is 11.3. The lowest BCUT2D eigenvalue weighted by Crippen LogP contribution is -2.55. The van der Waals surface area contributed by atoms with Gasteiger partial charge in [0, 0.05) is 24.7 Å². The number of carbonyl (C=O) groups excluding carboxylic acids is 1. The summed E-state index contributed by atoms with van der Waals surface area (Å²) >= 11 is 0. The van der Waals surface area contributed by atoms with E-state index < -0.39 is 0 Å². The highest BCUT2D eigenvalue weighted by Crippen LogP contribution is 2.29. The summed E-state index contributed by atoms with van der Waals surface area (Å²) in [7, 11) is 0. The van der Waals surface area contributed by atoms with Crippen molar-refractivity contribution in [3.8, 4) is 0 Å². The van der Waals surface area contributed by atoms with Crippen LogP contribution in [-0.4, -0.2) is 42.1 Å². The lowest BCUT2D eigenvalue weighted by molar-refractivity contribution is 0.165. The average molecular weight is 239 g/mol. The van der Waals surface area contributed by atoms with Crippen LogP contribution in [-0.2, 0) is 0 Å². The molecule has 2 amide bonds. The summed E-state index contributed by atoms with van der Waals surface area (Å²) in [6.45, 7) is 9.26. The second-order valence-electron chi connectivity index (χ2n) is 5.97. The van der Waals surface area contributed by atoms with Gasteiger partial charge < -0.3 is 15.5 Å². The molecule has 2 rings (SSSR count). The molecular weight excluding hydrogens is 214 g/mol. The number of nitrogens with zero attached hydrogens (tertiary/aromatic N) is 1. The van der Waals surface area contributed by atoms with Gasteiger partial charge in [-0.05, 0) is 45.6 Å². The quantitative estimate of drug-likeness (QED) is 0.768. The van der Waals surface area contributed by atoms with Gasteiger partial charge in [-0.15, -0.1) is 0 Å². The maximum atomic E-state index is 12.3. The lowest BCUT2D eigenvalue weighted by atomic mass is 9.93. The molecule has 4 heteroatoms. The van der Waals surface area contributed by atoms with Gasteiger partial charge in [0.15, 0.2) is 0 Å². The van der Waals surface area contributed by atoms with Gasteiger partial charge >= 0.3 is 6.03 Å². The molecule has 0 bridgehead atoms. The van der Waals surface area contributed by atoms with Crippen molar-refractivity contribution in [2.24, 2.45) is 5.92 Å². The summed E-state index contributed by atoms with van der Waals surface area (Å²) < 4.78 is 0. The Morgan fingerprint density at radius 1 is 1.47 bits per heavy atom. The Bertz CT molecular complexity index is 290. The van der Waals surface area contributed by atoms with Crippen LogP contribution in [0.2, 0.25) is 0 Å². The standard InChI is InChI=1S/C13H25N3O/c1-4-13(2,3)15-12(17)16-8-6-10-5-7-14-9-11(10)16/h10-11,14H,4-9H2,1-3H3,(H,15,17)/t10-,11-/m1/s1. The molecule has 0 unspecified atom stereocenters. The van der Waals surface area contributed by atoms with E-state index in [1.807, 2.05) is 4.90 Å². The zero-order valence-electron chi connectivity index (χ0n) is 11.3. The van der Waals surface area contributed by atoms with Crippen LogP contribution in [0.1, 0.15) is 40.0 Å². The van der Waals surface area contributed by atoms with Crippen LogP contribution in [0.25, 0.3) is 0 Å². The molecule has 17 heavy (non-hydrogen) atoms. The molecule has 2 fully saturated rings. The van der Waals surface area contributed by atoms with Crippen molar-refractivity contribution in [1.82, 2.24) is 15.5 Å². The number of hydrogen-bond acceptors (Lipinski definition) is 2. The molecule has 2 saturated heterocycles. The molecule has 4 nitrogen and oxygen atoms in total. The van der Waals surface area contributed by atoms with Gasteiger partial charge in [-0.3, -0.25) is 0 Å². The summed E-state index contributed by atoms with van der Waals surface area (Å²) in [6, 6.07) is 0.532. The first-order valence-corrected chi connectivity index (χ1v) is 6.83. The van der Waals surface area contributed by atoms with Gasteiger partial charge in [-0.1, -0.05) is 6.92 Å². The highest BCUT2D eigenvalue weighted by molar-refractivity contribution is 5.75. The molecule has 0 aromatic carbocycles. The molecule has 98 valence electrons. The second kappa shape index (κ2) is 4.84. The maximum absolute atomic E-state index is 12.3. The summed E-state index contributed by atoms with van der Waals surface area (Å²) in [5.74, 6) is 0.715. The van der Waals surface area contributed by atoms with Gasteiger partial charge in [0.25, 0.3) is 0 Å². The number of urea groups is 1. The van der Waals surface area contributed by atoms with E-state index in [9.17, 15) is 4.79 Å². The summed E-state index contributed by atoms with van der Waals surface area (Å²) in [5, 5.41) is 6.54. The first kappa shape index (κ1) is 12.7. The maximum Gasteiger partial charge on any atom is 0.318 e. The molecule has 0 radical (unpaired) electrons. The van der Waals surface area contributed by atoms with Crippen molar-refractivity contribution in [3.05, 3.63) is 0 Å². The smallest absolute Gasteiger partial charge is 0.318 e. The molecule has 0 aromatic heterocycles. The summed E-state index contributed by atoms with van der Waals surface area (Å²) in [4.78, 5) is 14.3. The van der Waals surface area contributed by atoms with Crippen LogP contribution < -0.4 is 10.6 Å². The number of likely N-dealkylation sites (tertiary alicyclic amines) is 1. The van der Waals surface area contributed by atoms with E-state index in [1.54, 1.807) is 0 Å². The van der Waals surface area contributed by atoms with E-state index in [0.717, 1.165) is 26.1 Å². The number of rotatable bonds is 2. The number of carbonyl (C=O) groups is 1. The Kier molecular flexibility index (Phi) is 3.61. The molecule has 0 aromatic rings. The van der Waals surface area contributed by atoms with E-state index in [0.29, 0.717) is 12.0 Å². The fraction of sp³-hybridized carbons (Fsp3) is 0.923. The van der Waals surface area contributed by atoms with Gasteiger partial charge in [-0.25, -0.2) is 4.79 Å². The van der Waals surface area contributed by atoms with Crippen molar-refractivity contribution in [1.29, 1.82) is 0 Å². The Balaban J connectivity index is 1.96. The minimum atomic E-state index is -0.0999. The molecule has 0 spiro atoms. The second-order valence-corrected chi connectivity index (χ2v) is 5.97. The predicted molar refractivity (Wildman–Crippen MR) is 69.0 cm³/mol. The van der Waals surface area contributed by atoms with Crippen LogP contribution in [0.4, 0.5) is 4.79 Å². The Morgan fingerprint density at radius 2 is 2.24 bits per heavy atom. The summed E-state index contributed by atoms with van der Waals surface area (Å²) in [5.41, 5.74) is -0.0999. The average Bonchev–Trinajstić information content (AvgIpc) is 2.72. The highest BCUT2D eigenvalue weighted by Gasteiger charge is 2.39. The largest absolute Gasteiger partial charge is 0.333 e. The molecular formula is C13H25N3O. The lowest BCUT2D eigenvalue weighted by Gasteiger charge is -2.35. The number of fused-ring (bicyclic) bond motifs is 1. The summed E-state index contributed by atoms with van der Waals surface area (Å²) in [6.07, 6.45) is 3.34. The Labute approximate surface area is 104 Å². The van der Waals surface area contributed by atoms with E-state index in [2.05, 4.69) is 31.4 Å². The predicted octanol–water partition coefficient (Wildman–Crippen LogP) is 1.57. The monoisotopic (exact) mass is 239 g/mol. The Hall–Kier alpha value is -0.770. The first-order valence-electron chi connectivity index (χ1n) is 6.83. The molecule has 2 aliphatic rings. The SMILES string of the molecule is CCC(C)(C)NC(=O)N1CC[C@H]2CCNC[C@H]21. The van der Waals surface area contributed by atoms with Crippen molar-refractivity contribution in [3.63, 3.8) is 0 Å². The van der Waals surface area contributed by atoms with E-state index >= 15 is 0 Å². The number of amides is 2. The normalized spacial score (nSPS) is 29.0. The third-order valence-corrected chi connectivity index (χ3v) is 4.32. The van der Waals surface area contributed by atoms with Gasteiger partial charge in [0.2, 0.25) is 0 Å². The fourth-order valence-electron chi connectivity index (χ4n) is 2.77. The number of hydrogen-bond donors (Lipinski definition) is 2. The number of nitrogens with one attached hydrogen (secondary N) is 2. The van der Waals surface area contributed by atoms with Crippen LogP contribution in [0, 0.1) is 5.92 Å². The van der Waals surface area contributed by atoms with Crippen LogP contribution in [0.3, 0.4) is 0 Å². The minimum absolute atomic E-state index is 0.0999. The van der Waals surface area contributed by atoms with Crippen LogP contribution >= 0.6 is 0 Å². The number of piperidine rings is 1. The molecule has 0 saturated carbocycles. The highest BCUT2D eigenvalue weighted by atomic mass is 16.2. The van der Waals surface area contributed by atoms with Gasteiger partial charge in [0.05, 0.1) is 0 Å². The van der Waals surface area contributed by atoms with E-state index in [1.165, 1.54) is 12.8 Å². The van der Waals surface area contributed by atoms with Crippen molar-refractivity contribution < 1.29 is 4.79 Å². The van der Waals surface area contributed by atoms with Gasteiger partial charge in [0.1, 0.15) is 0 Å². The first-order chi connectivity index (χ1) is 8.03. The van der Waals surface area contributed by atoms with Crippen LogP contribution in [0.5, 0.6) is 0 Å². The van der Waals surface area contributed by atoms with Gasteiger partial charge in [-0.2, -0.15) is 0 Å². The van der Waals surface area contributed by atoms with Crippen molar-refractivity contribution >= 4 is 6.03 Å². The Morgan fingerprint density at radius 3 is 2.94 bits per heavy atom. The van der Waals surface area contributed by atoms with E-state index in [-0.39, 0.29) is 11.6 Å². The fourth-order valence-corrected chi connectivity index (χ4v) is 2.77. The molecule has 0 aliphatic carbocycles. The molecule has 2 aliphatic heterocycles. The third kappa shape index (κ3) is 2.73. The molecule has 2 atom stereocenters. The van der Waals surface area contributed by atoms with Crippen molar-refractivity contribution in [2.45, 2.75) is 51.6 Å². The topological polar surface area (TPSA) is 44.4 Å². The van der Waals surface area contributed by atoms with Crippen molar-refractivity contribution in [2.75, 3.05) is 19.6 Å². The molecule has 2 heterocycles. The zero-order chi connectivity index (χ0) is 12.5.